The molecule has 1 nitrogen and oxygen atoms in total. The van der Waals surface area contributed by atoms with Gasteiger partial charge in [-0.1, -0.05) is 44.5 Å². The maximum Gasteiger partial charge on any atom is 1.00 e. The van der Waals surface area contributed by atoms with Crippen LogP contribution in [0.15, 0.2) is 18.2 Å². The fourth-order valence-corrected chi connectivity index (χ4v) is 1.97. The number of hydrogen-bond donors (Lipinski definition) is 0. The number of ether oxygens (including phenoxy) is 1. The molecule has 0 fully saturated rings. The molecule has 1 aromatic rings. The van der Waals surface area contributed by atoms with Crippen molar-refractivity contribution in [2.45, 2.75) is 45.4 Å². The Bertz CT molecular complexity index is 412. The van der Waals surface area contributed by atoms with E-state index < -0.39 is 18.3 Å². The number of benzene rings is 1. The largest absolute Gasteiger partial charge is 1.00 e. The molecular formula is C14H20BF4KO. The van der Waals surface area contributed by atoms with Gasteiger partial charge in [-0.05, 0) is 24.6 Å². The van der Waals surface area contributed by atoms with Crippen LogP contribution in [0.1, 0.15) is 45.4 Å². The third kappa shape index (κ3) is 8.59. The summed E-state index contributed by atoms with van der Waals surface area (Å²) in [6, 6.07) is 2.54. The van der Waals surface area contributed by atoms with Crippen LogP contribution in [0.4, 0.5) is 17.3 Å². The van der Waals surface area contributed by atoms with Gasteiger partial charge in [0.25, 0.3) is 0 Å². The monoisotopic (exact) mass is 330 g/mol. The summed E-state index contributed by atoms with van der Waals surface area (Å²) in [4.78, 5) is 0. The van der Waals surface area contributed by atoms with Crippen molar-refractivity contribution in [1.29, 1.82) is 0 Å². The molecule has 0 atom stereocenters. The molecule has 0 amide bonds. The van der Waals surface area contributed by atoms with Crippen LogP contribution in [0.5, 0.6) is 5.75 Å². The van der Waals surface area contributed by atoms with Gasteiger partial charge in [0, 0.05) is 0 Å². The first kappa shape index (κ1) is 21.4. The van der Waals surface area contributed by atoms with Crippen molar-refractivity contribution in [3.63, 3.8) is 0 Å². The van der Waals surface area contributed by atoms with Crippen LogP contribution in [0, 0.1) is 5.82 Å². The van der Waals surface area contributed by atoms with E-state index in [4.69, 9.17) is 4.74 Å². The Morgan fingerprint density at radius 3 is 2.24 bits per heavy atom. The van der Waals surface area contributed by atoms with Crippen molar-refractivity contribution in [2.75, 3.05) is 6.61 Å². The summed E-state index contributed by atoms with van der Waals surface area (Å²) in [5.74, 6) is -1.17. The van der Waals surface area contributed by atoms with Crippen LogP contribution in [-0.2, 0) is 0 Å². The van der Waals surface area contributed by atoms with E-state index in [9.17, 15) is 17.3 Å². The summed E-state index contributed by atoms with van der Waals surface area (Å²) in [6.07, 6.45) is 6.20. The van der Waals surface area contributed by atoms with Gasteiger partial charge in [-0.25, -0.2) is 4.39 Å². The molecule has 0 N–H and O–H groups in total. The molecule has 0 heterocycles. The molecule has 0 aliphatic carbocycles. The fourth-order valence-electron chi connectivity index (χ4n) is 1.97. The Morgan fingerprint density at radius 1 is 1.00 bits per heavy atom. The summed E-state index contributed by atoms with van der Waals surface area (Å²) < 4.78 is 56.3. The van der Waals surface area contributed by atoms with Crippen molar-refractivity contribution < 1.29 is 73.5 Å². The zero-order valence-corrected chi connectivity index (χ0v) is 15.8. The van der Waals surface area contributed by atoms with Crippen LogP contribution in [0.25, 0.3) is 0 Å². The third-order valence-corrected chi connectivity index (χ3v) is 3.08. The standard InChI is InChI=1S/C14H20BF4O.K/c1-2-3-4-5-6-7-10-20-14-9-8-12(16)11-13(14)15(17,18)19;/h8-9,11H,2-7,10H2,1H3;/q-1;+1. The van der Waals surface area contributed by atoms with E-state index in [1.165, 1.54) is 6.42 Å². The van der Waals surface area contributed by atoms with Crippen molar-refractivity contribution in [2.24, 2.45) is 0 Å². The van der Waals surface area contributed by atoms with Gasteiger partial charge in [0.05, 0.1) is 12.4 Å². The molecule has 114 valence electrons. The van der Waals surface area contributed by atoms with Crippen molar-refractivity contribution >= 4 is 12.4 Å². The van der Waals surface area contributed by atoms with Crippen LogP contribution < -0.4 is 61.6 Å². The Labute approximate surface area is 166 Å². The normalized spacial score (nSPS) is 11.1. The predicted octanol–water partition coefficient (Wildman–Crippen LogP) is 1.62. The second-order valence-corrected chi connectivity index (χ2v) is 4.87. The molecule has 1 rings (SSSR count). The summed E-state index contributed by atoms with van der Waals surface area (Å²) in [7, 11) is 0. The van der Waals surface area contributed by atoms with Gasteiger partial charge >= 0.3 is 58.4 Å². The van der Waals surface area contributed by atoms with E-state index in [0.29, 0.717) is 12.5 Å². The van der Waals surface area contributed by atoms with Crippen LogP contribution >= 0.6 is 0 Å². The Hall–Kier alpha value is 0.441. The molecule has 1 aromatic carbocycles. The van der Waals surface area contributed by atoms with Crippen molar-refractivity contribution in [3.8, 4) is 5.75 Å². The SMILES string of the molecule is CCCCCCCCOc1ccc(F)cc1[B-](F)(F)F.[K+]. The molecule has 0 saturated heterocycles. The summed E-state index contributed by atoms with van der Waals surface area (Å²) >= 11 is 0. The van der Waals surface area contributed by atoms with Crippen molar-refractivity contribution in [1.82, 2.24) is 0 Å². The van der Waals surface area contributed by atoms with Gasteiger partial charge in [0.2, 0.25) is 0 Å². The molecule has 0 unspecified atom stereocenters. The van der Waals surface area contributed by atoms with E-state index in [2.05, 4.69) is 6.92 Å². The predicted molar refractivity (Wildman–Crippen MR) is 74.0 cm³/mol. The second-order valence-electron chi connectivity index (χ2n) is 4.87. The third-order valence-electron chi connectivity index (χ3n) is 3.08. The summed E-state index contributed by atoms with van der Waals surface area (Å²) in [5.41, 5.74) is -0.990. The molecule has 0 aliphatic heterocycles. The van der Waals surface area contributed by atoms with Crippen LogP contribution in [-0.4, -0.2) is 13.6 Å². The number of rotatable bonds is 9. The topological polar surface area (TPSA) is 9.23 Å². The fraction of sp³-hybridized carbons (Fsp3) is 0.571. The van der Waals surface area contributed by atoms with Gasteiger partial charge in [0.15, 0.2) is 0 Å². The molecule has 0 aromatic heterocycles. The quantitative estimate of drug-likeness (QED) is 0.380. The number of halogens is 4. The number of unbranched alkanes of at least 4 members (excludes halogenated alkanes) is 5. The minimum atomic E-state index is -5.26. The molecule has 0 aliphatic rings. The first-order chi connectivity index (χ1) is 9.45. The van der Waals surface area contributed by atoms with E-state index in [0.717, 1.165) is 37.8 Å². The minimum absolute atomic E-state index is 0. The van der Waals surface area contributed by atoms with E-state index in [-0.39, 0.29) is 63.7 Å². The number of hydrogen-bond acceptors (Lipinski definition) is 1. The average Bonchev–Trinajstić information content (AvgIpc) is 2.38. The van der Waals surface area contributed by atoms with Crippen LogP contribution in [0.2, 0.25) is 0 Å². The second kappa shape index (κ2) is 11.1. The maximum absolute atomic E-state index is 12.9. The summed E-state index contributed by atoms with van der Waals surface area (Å²) in [6.45, 7) is -2.90. The van der Waals surface area contributed by atoms with Gasteiger partial charge in [0.1, 0.15) is 5.82 Å². The van der Waals surface area contributed by atoms with Gasteiger partial charge in [-0.15, -0.1) is 0 Å². The zero-order chi connectivity index (χ0) is 15.0. The molecule has 0 radical (unpaired) electrons. The molecule has 0 saturated carbocycles. The maximum atomic E-state index is 12.9. The summed E-state index contributed by atoms with van der Waals surface area (Å²) in [5, 5.41) is 0. The molecule has 0 bridgehead atoms. The van der Waals surface area contributed by atoms with Gasteiger partial charge in [-0.3, -0.25) is 0 Å². The van der Waals surface area contributed by atoms with E-state index >= 15 is 0 Å². The molecule has 21 heavy (non-hydrogen) atoms. The average molecular weight is 330 g/mol. The smallest absolute Gasteiger partial charge is 0.497 e. The first-order valence-electron chi connectivity index (χ1n) is 7.07. The van der Waals surface area contributed by atoms with E-state index in [1.807, 2.05) is 0 Å². The Balaban J connectivity index is 0.00000400. The van der Waals surface area contributed by atoms with Gasteiger partial charge < -0.3 is 17.7 Å². The Morgan fingerprint density at radius 2 is 1.62 bits per heavy atom. The first-order valence-corrected chi connectivity index (χ1v) is 7.07. The molecule has 7 heteroatoms. The Kier molecular flexibility index (Phi) is 11.3. The molecule has 0 spiro atoms. The van der Waals surface area contributed by atoms with Crippen molar-refractivity contribution in [3.05, 3.63) is 24.0 Å². The zero-order valence-electron chi connectivity index (χ0n) is 12.7. The van der Waals surface area contributed by atoms with E-state index in [1.54, 1.807) is 0 Å². The minimum Gasteiger partial charge on any atom is -0.497 e. The molecular weight excluding hydrogens is 310 g/mol. The van der Waals surface area contributed by atoms with Gasteiger partial charge in [-0.2, -0.15) is 0 Å². The van der Waals surface area contributed by atoms with Crippen LogP contribution in [0.3, 0.4) is 0 Å².